The number of aromatic carboxylic acids is 1. The van der Waals surface area contributed by atoms with Crippen molar-refractivity contribution in [2.45, 2.75) is 6.92 Å². The number of halogens is 1. The van der Waals surface area contributed by atoms with E-state index in [1.807, 2.05) is 0 Å². The standard InChI is InChI=1S/C12H9ClN2O3/c1-6-4-7(13)5-10(16)11(6)8-2-3-9(12(17)18)15-14-8/h2-5,16H,1H3,(H,17,18). The van der Waals surface area contributed by atoms with Gasteiger partial charge in [0.15, 0.2) is 5.69 Å². The van der Waals surface area contributed by atoms with Crippen molar-refractivity contribution in [3.63, 3.8) is 0 Å². The van der Waals surface area contributed by atoms with E-state index < -0.39 is 5.97 Å². The minimum absolute atomic E-state index is 0.0163. The normalized spacial score (nSPS) is 10.3. The predicted molar refractivity (Wildman–Crippen MR) is 65.8 cm³/mol. The second-order valence-corrected chi connectivity index (χ2v) is 4.16. The highest BCUT2D eigenvalue weighted by Gasteiger charge is 2.12. The molecule has 0 aliphatic rings. The summed E-state index contributed by atoms with van der Waals surface area (Å²) in [7, 11) is 0. The van der Waals surface area contributed by atoms with Crippen LogP contribution in [0.25, 0.3) is 11.3 Å². The molecule has 5 nitrogen and oxygen atoms in total. The highest BCUT2D eigenvalue weighted by Crippen LogP contribution is 2.33. The van der Waals surface area contributed by atoms with Gasteiger partial charge in [0.25, 0.3) is 0 Å². The van der Waals surface area contributed by atoms with Crippen molar-refractivity contribution in [2.24, 2.45) is 0 Å². The van der Waals surface area contributed by atoms with E-state index in [9.17, 15) is 9.90 Å². The molecular formula is C12H9ClN2O3. The number of benzene rings is 1. The molecule has 0 aliphatic heterocycles. The quantitative estimate of drug-likeness (QED) is 0.871. The van der Waals surface area contributed by atoms with Crippen LogP contribution < -0.4 is 0 Å². The number of aromatic nitrogens is 2. The van der Waals surface area contributed by atoms with Gasteiger partial charge in [-0.1, -0.05) is 11.6 Å². The summed E-state index contributed by atoms with van der Waals surface area (Å²) in [6, 6.07) is 5.91. The third-order valence-corrected chi connectivity index (χ3v) is 2.64. The van der Waals surface area contributed by atoms with E-state index in [1.54, 1.807) is 13.0 Å². The molecule has 1 aromatic heterocycles. The van der Waals surface area contributed by atoms with Gasteiger partial charge in [-0.25, -0.2) is 4.79 Å². The summed E-state index contributed by atoms with van der Waals surface area (Å²) in [5.41, 5.74) is 1.47. The molecular weight excluding hydrogens is 256 g/mol. The van der Waals surface area contributed by atoms with Crippen molar-refractivity contribution in [2.75, 3.05) is 0 Å². The minimum atomic E-state index is -1.15. The molecule has 0 spiro atoms. The van der Waals surface area contributed by atoms with E-state index in [2.05, 4.69) is 10.2 Å². The predicted octanol–water partition coefficient (Wildman–Crippen LogP) is 2.51. The molecule has 0 saturated heterocycles. The first-order chi connectivity index (χ1) is 8.49. The lowest BCUT2D eigenvalue weighted by Crippen LogP contribution is -2.02. The molecule has 2 aromatic rings. The second kappa shape index (κ2) is 4.62. The molecule has 1 heterocycles. The summed E-state index contributed by atoms with van der Waals surface area (Å²) < 4.78 is 0. The van der Waals surface area contributed by atoms with E-state index in [0.29, 0.717) is 16.3 Å². The highest BCUT2D eigenvalue weighted by molar-refractivity contribution is 6.31. The molecule has 0 amide bonds. The average molecular weight is 265 g/mol. The number of aromatic hydroxyl groups is 1. The van der Waals surface area contributed by atoms with E-state index in [-0.39, 0.29) is 11.4 Å². The summed E-state index contributed by atoms with van der Waals surface area (Å²) >= 11 is 5.80. The zero-order valence-corrected chi connectivity index (χ0v) is 10.1. The Labute approximate surface area is 108 Å². The molecule has 18 heavy (non-hydrogen) atoms. The molecule has 2 N–H and O–H groups in total. The van der Waals surface area contributed by atoms with E-state index in [1.165, 1.54) is 18.2 Å². The lowest BCUT2D eigenvalue weighted by Gasteiger charge is -2.08. The maximum absolute atomic E-state index is 10.7. The van der Waals surface area contributed by atoms with E-state index in [4.69, 9.17) is 16.7 Å². The van der Waals surface area contributed by atoms with Crippen LogP contribution in [-0.4, -0.2) is 26.4 Å². The van der Waals surface area contributed by atoms with Crippen molar-refractivity contribution in [1.82, 2.24) is 10.2 Å². The van der Waals surface area contributed by atoms with Gasteiger partial charge in [0.1, 0.15) is 5.75 Å². The topological polar surface area (TPSA) is 83.3 Å². The van der Waals surface area contributed by atoms with Crippen molar-refractivity contribution in [3.05, 3.63) is 40.5 Å². The van der Waals surface area contributed by atoms with Gasteiger partial charge in [-0.2, -0.15) is 0 Å². The second-order valence-electron chi connectivity index (χ2n) is 3.73. The Morgan fingerprint density at radius 3 is 2.50 bits per heavy atom. The third kappa shape index (κ3) is 2.26. The maximum atomic E-state index is 10.7. The molecule has 2 rings (SSSR count). The third-order valence-electron chi connectivity index (χ3n) is 2.42. The van der Waals surface area contributed by atoms with Gasteiger partial charge in [-0.3, -0.25) is 0 Å². The van der Waals surface area contributed by atoms with Crippen LogP contribution in [-0.2, 0) is 0 Å². The number of carboxylic acid groups (broad SMARTS) is 1. The van der Waals surface area contributed by atoms with Crippen LogP contribution in [0, 0.1) is 6.92 Å². The van der Waals surface area contributed by atoms with E-state index in [0.717, 1.165) is 5.56 Å². The number of carboxylic acids is 1. The number of hydrogen-bond acceptors (Lipinski definition) is 4. The summed E-state index contributed by atoms with van der Waals surface area (Å²) in [5, 5.41) is 26.3. The van der Waals surface area contributed by atoms with Crippen molar-refractivity contribution < 1.29 is 15.0 Å². The van der Waals surface area contributed by atoms with Gasteiger partial charge in [0, 0.05) is 10.6 Å². The number of hydrogen-bond donors (Lipinski definition) is 2. The van der Waals surface area contributed by atoms with Crippen molar-refractivity contribution >= 4 is 17.6 Å². The minimum Gasteiger partial charge on any atom is -0.507 e. The molecule has 0 unspecified atom stereocenters. The van der Waals surface area contributed by atoms with Crippen LogP contribution in [0.3, 0.4) is 0 Å². The molecule has 1 aromatic carbocycles. The average Bonchev–Trinajstić information content (AvgIpc) is 2.28. The van der Waals surface area contributed by atoms with Crippen LogP contribution in [0.4, 0.5) is 0 Å². The van der Waals surface area contributed by atoms with Gasteiger partial charge >= 0.3 is 5.97 Å². The van der Waals surface area contributed by atoms with Crippen LogP contribution in [0.15, 0.2) is 24.3 Å². The fraction of sp³-hybridized carbons (Fsp3) is 0.0833. The molecule has 0 fully saturated rings. The number of phenols is 1. The van der Waals surface area contributed by atoms with Crippen molar-refractivity contribution in [1.29, 1.82) is 0 Å². The fourth-order valence-corrected chi connectivity index (χ4v) is 1.91. The molecule has 0 atom stereocenters. The molecule has 6 heteroatoms. The lowest BCUT2D eigenvalue weighted by atomic mass is 10.0. The fourth-order valence-electron chi connectivity index (χ4n) is 1.64. The Morgan fingerprint density at radius 2 is 2.00 bits per heavy atom. The van der Waals surface area contributed by atoms with Crippen molar-refractivity contribution in [3.8, 4) is 17.0 Å². The molecule has 92 valence electrons. The zero-order chi connectivity index (χ0) is 13.3. The number of rotatable bonds is 2. The van der Waals surface area contributed by atoms with Gasteiger partial charge < -0.3 is 10.2 Å². The Kier molecular flexibility index (Phi) is 3.16. The first-order valence-electron chi connectivity index (χ1n) is 5.05. The molecule has 0 bridgehead atoms. The zero-order valence-electron chi connectivity index (χ0n) is 9.38. The van der Waals surface area contributed by atoms with Crippen LogP contribution in [0.5, 0.6) is 5.75 Å². The lowest BCUT2D eigenvalue weighted by molar-refractivity contribution is 0.0689. The first-order valence-corrected chi connectivity index (χ1v) is 5.43. The molecule has 0 saturated carbocycles. The van der Waals surface area contributed by atoms with Crippen LogP contribution >= 0.6 is 11.6 Å². The highest BCUT2D eigenvalue weighted by atomic mass is 35.5. The van der Waals surface area contributed by atoms with Gasteiger partial charge in [0.2, 0.25) is 0 Å². The number of aryl methyl sites for hydroxylation is 1. The number of carbonyl (C=O) groups is 1. The summed E-state index contributed by atoms with van der Waals surface area (Å²) in [6.45, 7) is 1.77. The summed E-state index contributed by atoms with van der Waals surface area (Å²) in [4.78, 5) is 10.7. The SMILES string of the molecule is Cc1cc(Cl)cc(O)c1-c1ccc(C(=O)O)nn1. The van der Waals surface area contributed by atoms with E-state index >= 15 is 0 Å². The maximum Gasteiger partial charge on any atom is 0.356 e. The Morgan fingerprint density at radius 1 is 1.28 bits per heavy atom. The van der Waals surface area contributed by atoms with Crippen LogP contribution in [0.1, 0.15) is 16.1 Å². The monoisotopic (exact) mass is 264 g/mol. The van der Waals surface area contributed by atoms with Gasteiger partial charge in [-0.15, -0.1) is 10.2 Å². The summed E-state index contributed by atoms with van der Waals surface area (Å²) in [6.07, 6.45) is 0. The van der Waals surface area contributed by atoms with Gasteiger partial charge in [0.05, 0.1) is 5.69 Å². The Bertz CT molecular complexity index is 588. The summed E-state index contributed by atoms with van der Waals surface area (Å²) in [5.74, 6) is -1.16. The molecule has 0 aliphatic carbocycles. The number of nitrogens with zero attached hydrogens (tertiary/aromatic N) is 2. The number of phenolic OH excluding ortho intramolecular Hbond substituents is 1. The smallest absolute Gasteiger partial charge is 0.356 e. The Hall–Kier alpha value is -2.14. The largest absolute Gasteiger partial charge is 0.507 e. The van der Waals surface area contributed by atoms with Gasteiger partial charge in [-0.05, 0) is 36.8 Å². The van der Waals surface area contributed by atoms with Crippen LogP contribution in [0.2, 0.25) is 5.02 Å². The first kappa shape index (κ1) is 12.3. The molecule has 0 radical (unpaired) electrons. The Balaban J connectivity index is 2.52.